The zero-order valence-electron chi connectivity index (χ0n) is 9.35. The maximum absolute atomic E-state index is 12.1. The predicted octanol–water partition coefficient (Wildman–Crippen LogP) is 2.51. The minimum Gasteiger partial charge on any atom is -0.302 e. The molecule has 1 aromatic carbocycles. The third-order valence-corrected chi connectivity index (χ3v) is 3.67. The third kappa shape index (κ3) is 1.37. The first-order chi connectivity index (χ1) is 8.61. The largest absolute Gasteiger partial charge is 0.353 e. The number of halogens is 1. The topological polar surface area (TPSA) is 65.1 Å². The quantitative estimate of drug-likeness (QED) is 0.587. The molecular weight excluding hydrogens is 256 g/mol. The second kappa shape index (κ2) is 3.81. The predicted molar refractivity (Wildman–Crippen MR) is 68.2 cm³/mol. The van der Waals surface area contributed by atoms with E-state index in [0.717, 1.165) is 23.9 Å². The zero-order valence-corrected chi connectivity index (χ0v) is 10.1. The van der Waals surface area contributed by atoms with Crippen LogP contribution in [0.2, 0.25) is 5.02 Å². The van der Waals surface area contributed by atoms with Crippen LogP contribution in [-0.4, -0.2) is 9.49 Å². The molecule has 0 radical (unpaired) electrons. The molecule has 3 rings (SSSR count). The van der Waals surface area contributed by atoms with Crippen LogP contribution in [0.25, 0.3) is 10.9 Å². The Balaban J connectivity index is 2.58. The van der Waals surface area contributed by atoms with Gasteiger partial charge >= 0.3 is 11.2 Å². The lowest BCUT2D eigenvalue weighted by Crippen LogP contribution is -2.26. The van der Waals surface area contributed by atoms with Crippen molar-refractivity contribution in [2.24, 2.45) is 0 Å². The van der Waals surface area contributed by atoms with Gasteiger partial charge in [0.2, 0.25) is 0 Å². The maximum Gasteiger partial charge on any atom is 0.353 e. The van der Waals surface area contributed by atoms with Gasteiger partial charge in [-0.1, -0.05) is 29.8 Å². The Bertz CT molecular complexity index is 736. The number of nitro groups is 1. The highest BCUT2D eigenvalue weighted by molar-refractivity contribution is 6.37. The summed E-state index contributed by atoms with van der Waals surface area (Å²) in [4.78, 5) is 22.4. The minimum absolute atomic E-state index is 0.0556. The van der Waals surface area contributed by atoms with Crippen LogP contribution in [0.5, 0.6) is 0 Å². The summed E-state index contributed by atoms with van der Waals surface area (Å²) in [5, 5.41) is 11.5. The standard InChI is InChI=1S/C12H9ClN2O3/c13-9-8-5-1-3-7-4-2-6-14(10(7)8)12(16)11(9)15(17)18/h1,3,5H,2,4,6H2. The molecule has 0 fully saturated rings. The van der Waals surface area contributed by atoms with Gasteiger partial charge in [-0.15, -0.1) is 0 Å². The van der Waals surface area contributed by atoms with E-state index in [2.05, 4.69) is 0 Å². The van der Waals surface area contributed by atoms with Gasteiger partial charge in [0.15, 0.2) is 0 Å². The van der Waals surface area contributed by atoms with Crippen molar-refractivity contribution < 1.29 is 4.92 Å². The van der Waals surface area contributed by atoms with E-state index in [0.29, 0.717) is 11.9 Å². The fourth-order valence-corrected chi connectivity index (χ4v) is 2.84. The second-order valence-electron chi connectivity index (χ2n) is 4.29. The van der Waals surface area contributed by atoms with E-state index in [1.807, 2.05) is 12.1 Å². The van der Waals surface area contributed by atoms with Crippen LogP contribution in [0.4, 0.5) is 5.69 Å². The number of pyridine rings is 1. The van der Waals surface area contributed by atoms with E-state index in [4.69, 9.17) is 11.6 Å². The molecule has 1 aromatic heterocycles. The molecule has 1 aliphatic heterocycles. The molecule has 0 N–H and O–H groups in total. The first kappa shape index (κ1) is 11.2. The van der Waals surface area contributed by atoms with Crippen molar-refractivity contribution in [3.8, 4) is 0 Å². The molecular formula is C12H9ClN2O3. The highest BCUT2D eigenvalue weighted by Gasteiger charge is 2.26. The molecule has 2 heterocycles. The minimum atomic E-state index is -0.700. The van der Waals surface area contributed by atoms with Gasteiger partial charge in [0, 0.05) is 11.9 Å². The van der Waals surface area contributed by atoms with E-state index in [1.54, 1.807) is 6.07 Å². The van der Waals surface area contributed by atoms with Gasteiger partial charge in [0.05, 0.1) is 10.4 Å². The number of aryl methyl sites for hydroxylation is 2. The van der Waals surface area contributed by atoms with Crippen molar-refractivity contribution in [1.82, 2.24) is 4.57 Å². The Labute approximate surface area is 107 Å². The van der Waals surface area contributed by atoms with E-state index in [1.165, 1.54) is 4.57 Å². The smallest absolute Gasteiger partial charge is 0.302 e. The number of hydrogen-bond donors (Lipinski definition) is 0. The number of aromatic nitrogens is 1. The van der Waals surface area contributed by atoms with Crippen molar-refractivity contribution in [2.45, 2.75) is 19.4 Å². The van der Waals surface area contributed by atoms with E-state index in [-0.39, 0.29) is 5.02 Å². The average Bonchev–Trinajstić information content (AvgIpc) is 2.35. The molecule has 0 unspecified atom stereocenters. The van der Waals surface area contributed by atoms with Gasteiger partial charge in [0.1, 0.15) is 5.02 Å². The molecule has 0 saturated heterocycles. The molecule has 5 nitrogen and oxygen atoms in total. The summed E-state index contributed by atoms with van der Waals surface area (Å²) in [5.74, 6) is 0. The molecule has 0 bridgehead atoms. The molecule has 0 saturated carbocycles. The summed E-state index contributed by atoms with van der Waals surface area (Å²) < 4.78 is 1.47. The van der Waals surface area contributed by atoms with Crippen LogP contribution in [-0.2, 0) is 13.0 Å². The molecule has 0 amide bonds. The van der Waals surface area contributed by atoms with Crippen LogP contribution in [0, 0.1) is 10.1 Å². The Morgan fingerprint density at radius 1 is 1.39 bits per heavy atom. The van der Waals surface area contributed by atoms with Crippen LogP contribution in [0.3, 0.4) is 0 Å². The van der Waals surface area contributed by atoms with Gasteiger partial charge in [-0.05, 0) is 18.4 Å². The van der Waals surface area contributed by atoms with Gasteiger partial charge in [-0.3, -0.25) is 14.9 Å². The Kier molecular flexibility index (Phi) is 2.38. The Hall–Kier alpha value is -1.88. The normalized spacial score (nSPS) is 13.8. The lowest BCUT2D eigenvalue weighted by molar-refractivity contribution is -0.386. The van der Waals surface area contributed by atoms with Gasteiger partial charge in [0.25, 0.3) is 0 Å². The fraction of sp³-hybridized carbons (Fsp3) is 0.250. The average molecular weight is 265 g/mol. The van der Waals surface area contributed by atoms with Crippen LogP contribution >= 0.6 is 11.6 Å². The van der Waals surface area contributed by atoms with Crippen molar-refractivity contribution in [3.05, 3.63) is 49.3 Å². The number of benzene rings is 1. The van der Waals surface area contributed by atoms with Crippen molar-refractivity contribution in [1.29, 1.82) is 0 Å². The lowest BCUT2D eigenvalue weighted by atomic mass is 10.0. The molecule has 0 atom stereocenters. The lowest BCUT2D eigenvalue weighted by Gasteiger charge is -2.19. The monoisotopic (exact) mass is 264 g/mol. The van der Waals surface area contributed by atoms with Crippen molar-refractivity contribution >= 4 is 28.2 Å². The number of hydrogen-bond acceptors (Lipinski definition) is 3. The Morgan fingerprint density at radius 3 is 2.89 bits per heavy atom. The fourth-order valence-electron chi connectivity index (χ4n) is 2.54. The van der Waals surface area contributed by atoms with Gasteiger partial charge in [-0.2, -0.15) is 0 Å². The third-order valence-electron chi connectivity index (χ3n) is 3.29. The first-order valence-electron chi connectivity index (χ1n) is 5.59. The van der Waals surface area contributed by atoms with E-state index >= 15 is 0 Å². The van der Waals surface area contributed by atoms with Crippen LogP contribution in [0.15, 0.2) is 23.0 Å². The molecule has 0 aliphatic carbocycles. The first-order valence-corrected chi connectivity index (χ1v) is 5.97. The second-order valence-corrected chi connectivity index (χ2v) is 4.67. The molecule has 92 valence electrons. The van der Waals surface area contributed by atoms with E-state index < -0.39 is 16.2 Å². The van der Waals surface area contributed by atoms with Gasteiger partial charge < -0.3 is 4.57 Å². The van der Waals surface area contributed by atoms with Crippen molar-refractivity contribution in [2.75, 3.05) is 0 Å². The zero-order chi connectivity index (χ0) is 12.9. The molecule has 2 aromatic rings. The number of para-hydroxylation sites is 1. The summed E-state index contributed by atoms with van der Waals surface area (Å²) in [5.41, 5.74) is 0.630. The highest BCUT2D eigenvalue weighted by Crippen LogP contribution is 2.33. The molecule has 1 aliphatic rings. The van der Waals surface area contributed by atoms with Crippen LogP contribution < -0.4 is 5.56 Å². The number of rotatable bonds is 1. The van der Waals surface area contributed by atoms with Crippen LogP contribution in [0.1, 0.15) is 12.0 Å². The van der Waals surface area contributed by atoms with Crippen molar-refractivity contribution in [3.63, 3.8) is 0 Å². The van der Waals surface area contributed by atoms with E-state index in [9.17, 15) is 14.9 Å². The number of nitrogens with zero attached hydrogens (tertiary/aromatic N) is 2. The summed E-state index contributed by atoms with van der Waals surface area (Å²) in [6.07, 6.45) is 1.68. The summed E-state index contributed by atoms with van der Waals surface area (Å²) in [6, 6.07) is 5.46. The SMILES string of the molecule is O=c1c([N+](=O)[O-])c(Cl)c2cccc3c2n1CCC3. The van der Waals surface area contributed by atoms with Gasteiger partial charge in [-0.25, -0.2) is 0 Å². The maximum atomic E-state index is 12.1. The highest BCUT2D eigenvalue weighted by atomic mass is 35.5. The molecule has 0 spiro atoms. The Morgan fingerprint density at radius 2 is 2.17 bits per heavy atom. The summed E-state index contributed by atoms with van der Waals surface area (Å²) in [6.45, 7) is 0.504. The molecule has 6 heteroatoms. The summed E-state index contributed by atoms with van der Waals surface area (Å²) >= 11 is 6.01. The summed E-state index contributed by atoms with van der Waals surface area (Å²) in [7, 11) is 0. The molecule has 18 heavy (non-hydrogen) atoms.